The Hall–Kier alpha value is -3.80. The van der Waals surface area contributed by atoms with Crippen LogP contribution in [0.4, 0.5) is 20.7 Å². The normalized spacial score (nSPS) is 13.8. The van der Waals surface area contributed by atoms with Gasteiger partial charge in [0.25, 0.3) is 5.69 Å². The molecule has 1 fully saturated rings. The number of rotatable bonds is 6. The Kier molecular flexibility index (Phi) is 7.15. The van der Waals surface area contributed by atoms with E-state index < -0.39 is 10.7 Å². The second-order valence-corrected chi connectivity index (χ2v) is 7.39. The van der Waals surface area contributed by atoms with Crippen LogP contribution in [0.15, 0.2) is 36.5 Å². The summed E-state index contributed by atoms with van der Waals surface area (Å²) in [5.74, 6) is -0.677. The molecule has 170 valence electrons. The molecule has 0 atom stereocenters. The number of nitro benzene ring substituents is 1. The Bertz CT molecular complexity index is 1010. The van der Waals surface area contributed by atoms with Gasteiger partial charge in [-0.15, -0.1) is 0 Å². The van der Waals surface area contributed by atoms with Gasteiger partial charge in [-0.1, -0.05) is 0 Å². The number of urea groups is 1. The number of non-ortho nitro benzene ring substituents is 1. The second-order valence-electron chi connectivity index (χ2n) is 7.39. The van der Waals surface area contributed by atoms with Crippen molar-refractivity contribution < 1.29 is 23.6 Å². The summed E-state index contributed by atoms with van der Waals surface area (Å²) in [6, 6.07) is 5.55. The van der Waals surface area contributed by atoms with Crippen molar-refractivity contribution in [3.8, 4) is 11.5 Å². The van der Waals surface area contributed by atoms with Gasteiger partial charge in [0.1, 0.15) is 11.6 Å². The summed E-state index contributed by atoms with van der Waals surface area (Å²) >= 11 is 0. The summed E-state index contributed by atoms with van der Waals surface area (Å²) in [5.41, 5.74) is -0.388. The highest BCUT2D eigenvalue weighted by Gasteiger charge is 2.24. The van der Waals surface area contributed by atoms with Crippen molar-refractivity contribution in [2.75, 3.05) is 52.1 Å². The topological polar surface area (TPSA) is 121 Å². The lowest BCUT2D eigenvalue weighted by Gasteiger charge is -2.35. The van der Waals surface area contributed by atoms with Crippen LogP contribution in [0.3, 0.4) is 0 Å². The van der Waals surface area contributed by atoms with E-state index in [0.717, 1.165) is 18.2 Å². The van der Waals surface area contributed by atoms with E-state index in [9.17, 15) is 24.1 Å². The number of nitrogens with one attached hydrogen (secondary N) is 1. The number of carbonyl (C=O) groups excluding carboxylic acids is 2. The highest BCUT2D eigenvalue weighted by atomic mass is 19.1. The number of piperazine rings is 1. The summed E-state index contributed by atoms with van der Waals surface area (Å²) in [6.07, 6.45) is 1.38. The summed E-state index contributed by atoms with van der Waals surface area (Å²) in [6.45, 7) is 1.97. The van der Waals surface area contributed by atoms with Crippen LogP contribution in [0.2, 0.25) is 0 Å². The third kappa shape index (κ3) is 5.88. The zero-order valence-corrected chi connectivity index (χ0v) is 17.7. The fraction of sp³-hybridized carbons (Fsp3) is 0.350. The molecule has 12 heteroatoms. The number of halogens is 1. The second kappa shape index (κ2) is 10.0. The van der Waals surface area contributed by atoms with Crippen molar-refractivity contribution in [2.45, 2.75) is 0 Å². The van der Waals surface area contributed by atoms with Gasteiger partial charge >= 0.3 is 6.03 Å². The maximum absolute atomic E-state index is 14.1. The Morgan fingerprint density at radius 2 is 1.88 bits per heavy atom. The van der Waals surface area contributed by atoms with Gasteiger partial charge in [0.15, 0.2) is 11.6 Å². The molecule has 0 aliphatic carbocycles. The molecule has 0 spiro atoms. The van der Waals surface area contributed by atoms with Gasteiger partial charge in [0, 0.05) is 44.5 Å². The lowest BCUT2D eigenvalue weighted by Crippen LogP contribution is -2.53. The standard InChI is InChI=1S/C20H23FN6O5/c1-24(2)13-19(28)25-7-9-26(10-8-25)20(29)23-18-12-15(5-6-22-18)32-17-4-3-14(27(30)31)11-16(17)21/h3-6,11-12H,7-10,13H2,1-2H3,(H,22,23,29). The zero-order chi connectivity index (χ0) is 23.3. The van der Waals surface area contributed by atoms with E-state index in [1.54, 1.807) is 14.7 Å². The van der Waals surface area contributed by atoms with E-state index in [1.807, 2.05) is 14.1 Å². The molecule has 32 heavy (non-hydrogen) atoms. The molecule has 11 nitrogen and oxygen atoms in total. The number of aromatic nitrogens is 1. The number of pyridine rings is 1. The molecule has 1 aromatic carbocycles. The molecule has 1 aromatic heterocycles. The Morgan fingerprint density at radius 1 is 1.19 bits per heavy atom. The quantitative estimate of drug-likeness (QED) is 0.533. The molecule has 0 unspecified atom stereocenters. The van der Waals surface area contributed by atoms with Crippen LogP contribution in [0.1, 0.15) is 0 Å². The van der Waals surface area contributed by atoms with E-state index in [-0.39, 0.29) is 34.9 Å². The molecular weight excluding hydrogens is 423 g/mol. The summed E-state index contributed by atoms with van der Waals surface area (Å²) in [4.78, 5) is 43.8. The lowest BCUT2D eigenvalue weighted by molar-refractivity contribution is -0.385. The van der Waals surface area contributed by atoms with Gasteiger partial charge in [0.05, 0.1) is 17.5 Å². The van der Waals surface area contributed by atoms with E-state index in [0.29, 0.717) is 32.7 Å². The molecule has 1 aliphatic heterocycles. The van der Waals surface area contributed by atoms with Gasteiger partial charge in [-0.3, -0.25) is 20.2 Å². The van der Waals surface area contributed by atoms with Gasteiger partial charge in [-0.05, 0) is 26.2 Å². The minimum absolute atomic E-state index is 0.0139. The van der Waals surface area contributed by atoms with E-state index >= 15 is 0 Å². The molecule has 2 heterocycles. The Labute approximate surface area is 183 Å². The molecule has 0 radical (unpaired) electrons. The lowest BCUT2D eigenvalue weighted by atomic mass is 10.3. The van der Waals surface area contributed by atoms with Crippen LogP contribution in [0, 0.1) is 15.9 Å². The van der Waals surface area contributed by atoms with Crippen LogP contribution in [0.25, 0.3) is 0 Å². The first-order chi connectivity index (χ1) is 15.2. The summed E-state index contributed by atoms with van der Waals surface area (Å²) < 4.78 is 19.5. The number of hydrogen-bond acceptors (Lipinski definition) is 7. The van der Waals surface area contributed by atoms with Crippen molar-refractivity contribution in [3.63, 3.8) is 0 Å². The SMILES string of the molecule is CN(C)CC(=O)N1CCN(C(=O)Nc2cc(Oc3ccc([N+](=O)[O-])cc3F)ccn2)CC1. The number of ether oxygens (including phenoxy) is 1. The smallest absolute Gasteiger partial charge is 0.323 e. The van der Waals surface area contributed by atoms with E-state index in [4.69, 9.17) is 4.74 Å². The molecule has 0 bridgehead atoms. The van der Waals surface area contributed by atoms with Crippen molar-refractivity contribution >= 4 is 23.4 Å². The van der Waals surface area contributed by atoms with Crippen molar-refractivity contribution in [1.82, 2.24) is 19.7 Å². The monoisotopic (exact) mass is 446 g/mol. The number of nitrogens with zero attached hydrogens (tertiary/aromatic N) is 5. The molecule has 3 rings (SSSR count). The molecule has 1 N–H and O–H groups in total. The van der Waals surface area contributed by atoms with Crippen LogP contribution in [-0.2, 0) is 4.79 Å². The van der Waals surface area contributed by atoms with Gasteiger partial charge in [0.2, 0.25) is 5.91 Å². The minimum Gasteiger partial charge on any atom is -0.454 e. The summed E-state index contributed by atoms with van der Waals surface area (Å²) in [7, 11) is 3.64. The Balaban J connectivity index is 1.57. The van der Waals surface area contributed by atoms with E-state index in [1.165, 1.54) is 18.3 Å². The maximum Gasteiger partial charge on any atom is 0.323 e. The minimum atomic E-state index is -0.886. The van der Waals surface area contributed by atoms with Gasteiger partial charge in [-0.25, -0.2) is 14.2 Å². The highest BCUT2D eigenvalue weighted by molar-refractivity contribution is 5.88. The Morgan fingerprint density at radius 3 is 2.50 bits per heavy atom. The molecule has 1 saturated heterocycles. The third-order valence-corrected chi connectivity index (χ3v) is 4.69. The number of hydrogen-bond donors (Lipinski definition) is 1. The fourth-order valence-corrected chi connectivity index (χ4v) is 3.07. The summed E-state index contributed by atoms with van der Waals surface area (Å²) in [5, 5.41) is 13.4. The van der Waals surface area contributed by atoms with Crippen molar-refractivity contribution in [3.05, 3.63) is 52.5 Å². The number of nitro groups is 1. The number of likely N-dealkylation sites (N-methyl/N-ethyl adjacent to an activating group) is 1. The van der Waals surface area contributed by atoms with E-state index in [2.05, 4.69) is 10.3 Å². The first-order valence-electron chi connectivity index (χ1n) is 9.79. The first-order valence-corrected chi connectivity index (χ1v) is 9.79. The van der Waals surface area contributed by atoms with Crippen LogP contribution < -0.4 is 10.1 Å². The van der Waals surface area contributed by atoms with Gasteiger partial charge < -0.3 is 19.4 Å². The molecule has 3 amide bonds. The molecule has 0 saturated carbocycles. The van der Waals surface area contributed by atoms with Crippen molar-refractivity contribution in [2.24, 2.45) is 0 Å². The maximum atomic E-state index is 14.1. The number of amides is 3. The number of carbonyl (C=O) groups is 2. The first kappa shape index (κ1) is 22.9. The molecular formula is C20H23FN6O5. The highest BCUT2D eigenvalue weighted by Crippen LogP contribution is 2.28. The van der Waals surface area contributed by atoms with Crippen molar-refractivity contribution in [1.29, 1.82) is 0 Å². The number of anilines is 1. The average molecular weight is 446 g/mol. The third-order valence-electron chi connectivity index (χ3n) is 4.69. The molecule has 1 aliphatic rings. The van der Waals surface area contributed by atoms with Gasteiger partial charge in [-0.2, -0.15) is 0 Å². The average Bonchev–Trinajstić information content (AvgIpc) is 2.75. The fourth-order valence-electron chi connectivity index (χ4n) is 3.07. The van der Waals surface area contributed by atoms with Crippen LogP contribution in [0.5, 0.6) is 11.5 Å². The largest absolute Gasteiger partial charge is 0.454 e. The predicted octanol–water partition coefficient (Wildman–Crippen LogP) is 2.16. The van der Waals surface area contributed by atoms with Crippen LogP contribution >= 0.6 is 0 Å². The zero-order valence-electron chi connectivity index (χ0n) is 17.7. The molecule has 2 aromatic rings. The predicted molar refractivity (Wildman–Crippen MR) is 113 cm³/mol. The number of benzene rings is 1. The van der Waals surface area contributed by atoms with Crippen LogP contribution in [-0.4, -0.2) is 83.4 Å².